The maximum absolute atomic E-state index is 13.2. The van der Waals surface area contributed by atoms with Crippen molar-refractivity contribution in [2.45, 2.75) is 90.1 Å². The normalized spacial score (nSPS) is 18.9. The summed E-state index contributed by atoms with van der Waals surface area (Å²) in [5.74, 6) is 0.586. The van der Waals surface area contributed by atoms with E-state index < -0.39 is 0 Å². The lowest BCUT2D eigenvalue weighted by molar-refractivity contribution is -0.136. The fraction of sp³-hybridized carbons (Fsp3) is 0.385. The number of anilines is 2. The third-order valence-electron chi connectivity index (χ3n) is 9.58. The first kappa shape index (κ1) is 33.1. The predicted molar refractivity (Wildman–Crippen MR) is 186 cm³/mol. The van der Waals surface area contributed by atoms with Crippen molar-refractivity contribution in [1.29, 1.82) is 0 Å². The van der Waals surface area contributed by atoms with Gasteiger partial charge in [-0.3, -0.25) is 14.9 Å². The second kappa shape index (κ2) is 13.7. The number of carbonyl (C=O) groups excluding carboxylic acids is 3. The Bertz CT molecular complexity index is 1760. The van der Waals surface area contributed by atoms with Crippen LogP contribution in [0.3, 0.4) is 0 Å². The van der Waals surface area contributed by atoms with Gasteiger partial charge in [0.15, 0.2) is 5.78 Å². The molecule has 4 aromatic rings. The highest BCUT2D eigenvalue weighted by molar-refractivity contribution is 5.99. The van der Waals surface area contributed by atoms with Gasteiger partial charge in [-0.1, -0.05) is 50.6 Å². The van der Waals surface area contributed by atoms with Gasteiger partial charge in [0.1, 0.15) is 11.6 Å². The number of aromatic nitrogens is 2. The minimum absolute atomic E-state index is 0.0432. The molecule has 1 aromatic heterocycles. The van der Waals surface area contributed by atoms with Crippen molar-refractivity contribution < 1.29 is 18.8 Å². The zero-order valence-corrected chi connectivity index (χ0v) is 28.1. The summed E-state index contributed by atoms with van der Waals surface area (Å²) >= 11 is 0. The van der Waals surface area contributed by atoms with Crippen LogP contribution in [0.1, 0.15) is 86.5 Å². The summed E-state index contributed by atoms with van der Waals surface area (Å²) in [4.78, 5) is 40.8. The molecular weight excluding hydrogens is 605 g/mol. The van der Waals surface area contributed by atoms with E-state index in [1.807, 2.05) is 54.3 Å². The number of nitrogens with zero attached hydrogens (tertiary/aromatic N) is 3. The lowest BCUT2D eigenvalue weighted by Crippen LogP contribution is -2.47. The van der Waals surface area contributed by atoms with E-state index in [1.54, 1.807) is 4.68 Å². The van der Waals surface area contributed by atoms with Gasteiger partial charge in [0.25, 0.3) is 0 Å². The van der Waals surface area contributed by atoms with E-state index in [4.69, 9.17) is 5.10 Å². The molecule has 2 N–H and O–H groups in total. The summed E-state index contributed by atoms with van der Waals surface area (Å²) < 4.78 is 15.0. The molecule has 3 amide bonds. The highest BCUT2D eigenvalue weighted by Crippen LogP contribution is 2.40. The number of benzene rings is 3. The third kappa shape index (κ3) is 7.67. The zero-order chi connectivity index (χ0) is 34.0. The van der Waals surface area contributed by atoms with E-state index >= 15 is 0 Å². The van der Waals surface area contributed by atoms with E-state index in [9.17, 15) is 18.8 Å². The molecule has 2 unspecified atom stereocenters. The monoisotopic (exact) mass is 649 g/mol. The van der Waals surface area contributed by atoms with Crippen LogP contribution in [-0.2, 0) is 16.6 Å². The average molecular weight is 650 g/mol. The van der Waals surface area contributed by atoms with Gasteiger partial charge in [0.2, 0.25) is 5.91 Å². The van der Waals surface area contributed by atoms with Gasteiger partial charge < -0.3 is 10.2 Å². The number of Topliss-reactive ketones (excluding diaryl/α,β-unsaturated/α-hetero) is 1. The van der Waals surface area contributed by atoms with Crippen LogP contribution in [0, 0.1) is 18.7 Å². The lowest BCUT2D eigenvalue weighted by atomic mass is 9.85. The first-order valence-corrected chi connectivity index (χ1v) is 16.9. The van der Waals surface area contributed by atoms with E-state index in [1.165, 1.54) is 29.8 Å². The second-order valence-corrected chi connectivity index (χ2v) is 14.3. The molecule has 250 valence electrons. The second-order valence-electron chi connectivity index (χ2n) is 14.3. The van der Waals surface area contributed by atoms with Crippen LogP contribution in [0.15, 0.2) is 78.9 Å². The van der Waals surface area contributed by atoms with Crippen LogP contribution in [0.4, 0.5) is 20.7 Å². The molecule has 3 aromatic carbocycles. The molecule has 0 radical (unpaired) electrons. The molecular formula is C39H44FN5O3. The number of halogens is 1. The Hall–Kier alpha value is -4.79. The predicted octanol–water partition coefficient (Wildman–Crippen LogP) is 8.24. The Labute approximate surface area is 281 Å². The smallest absolute Gasteiger partial charge is 0.324 e. The minimum atomic E-state index is -0.383. The summed E-state index contributed by atoms with van der Waals surface area (Å²) in [6, 6.07) is 23.5. The topological polar surface area (TPSA) is 96.3 Å². The van der Waals surface area contributed by atoms with Crippen molar-refractivity contribution in [3.05, 3.63) is 107 Å². The van der Waals surface area contributed by atoms with Crippen LogP contribution in [0.25, 0.3) is 5.69 Å². The molecule has 48 heavy (non-hydrogen) atoms. The van der Waals surface area contributed by atoms with Crippen LogP contribution >= 0.6 is 0 Å². The fourth-order valence-corrected chi connectivity index (χ4v) is 7.05. The number of amides is 3. The molecule has 2 fully saturated rings. The van der Waals surface area contributed by atoms with Gasteiger partial charge in [0.05, 0.1) is 11.4 Å². The number of piperidine rings is 1. The molecule has 8 nitrogen and oxygen atoms in total. The fourth-order valence-electron chi connectivity index (χ4n) is 7.05. The zero-order valence-electron chi connectivity index (χ0n) is 28.1. The summed E-state index contributed by atoms with van der Waals surface area (Å²) in [6.07, 6.45) is 5.12. The van der Waals surface area contributed by atoms with E-state index in [0.717, 1.165) is 49.0 Å². The van der Waals surface area contributed by atoms with Gasteiger partial charge >= 0.3 is 6.03 Å². The van der Waals surface area contributed by atoms with E-state index in [-0.39, 0.29) is 53.9 Å². The number of hydrogen-bond acceptors (Lipinski definition) is 4. The number of urea groups is 1. The molecule has 6 rings (SSSR count). The maximum atomic E-state index is 13.2. The average Bonchev–Trinajstić information content (AvgIpc) is 3.59. The quantitative estimate of drug-likeness (QED) is 0.179. The number of ketones is 1. The summed E-state index contributed by atoms with van der Waals surface area (Å²) in [6.45, 7) is 8.32. The Morgan fingerprint density at radius 1 is 0.854 bits per heavy atom. The molecule has 9 heteroatoms. The largest absolute Gasteiger partial charge is 0.337 e. The molecule has 0 spiro atoms. The Balaban J connectivity index is 1.02. The minimum Gasteiger partial charge on any atom is -0.337 e. The molecule has 2 aliphatic heterocycles. The maximum Gasteiger partial charge on any atom is 0.324 e. The molecule has 0 aliphatic carbocycles. The SMILES string of the molecule is Cc1ccc(-n2nc(C(C)(C)C)cc2NC(=O)Nc2ccc(CC3CC4CCC(C3)N4C(=O)CCC(=O)c3ccc(F)cc3)cc2)cc1. The van der Waals surface area contributed by atoms with Crippen LogP contribution in [0.2, 0.25) is 0 Å². The van der Waals surface area contributed by atoms with Crippen molar-refractivity contribution in [3.63, 3.8) is 0 Å². The van der Waals surface area contributed by atoms with Gasteiger partial charge in [-0.15, -0.1) is 0 Å². The Morgan fingerprint density at radius 2 is 1.50 bits per heavy atom. The number of hydrogen-bond donors (Lipinski definition) is 2. The standard InChI is InChI=1S/C39H44FN5O3/c1-25-5-15-31(16-6-25)45-36(24-35(43-45)39(2,3)4)42-38(48)41-30-13-7-26(8-14-30)21-27-22-32-17-18-33(23-27)44(32)37(47)20-19-34(46)28-9-11-29(40)12-10-28/h5-16,24,27,32-33H,17-23H2,1-4H3,(H2,41,42,48). The highest BCUT2D eigenvalue weighted by Gasteiger charge is 2.42. The first-order valence-electron chi connectivity index (χ1n) is 16.9. The molecule has 2 bridgehead atoms. The molecule has 3 heterocycles. The van der Waals surface area contributed by atoms with Crippen LogP contribution in [-0.4, -0.2) is 44.5 Å². The van der Waals surface area contributed by atoms with Crippen molar-refractivity contribution in [2.75, 3.05) is 10.6 Å². The van der Waals surface area contributed by atoms with Crippen molar-refractivity contribution in [1.82, 2.24) is 14.7 Å². The van der Waals surface area contributed by atoms with Crippen molar-refractivity contribution in [3.8, 4) is 5.69 Å². The van der Waals surface area contributed by atoms with Gasteiger partial charge in [0, 0.05) is 47.7 Å². The molecule has 0 saturated carbocycles. The van der Waals surface area contributed by atoms with Crippen molar-refractivity contribution >= 4 is 29.2 Å². The Kier molecular flexibility index (Phi) is 9.49. The third-order valence-corrected chi connectivity index (χ3v) is 9.58. The van der Waals surface area contributed by atoms with E-state index in [0.29, 0.717) is 23.0 Å². The highest BCUT2D eigenvalue weighted by atomic mass is 19.1. The molecule has 2 aliphatic rings. The molecule has 2 atom stereocenters. The number of carbonyl (C=O) groups is 3. The van der Waals surface area contributed by atoms with Crippen LogP contribution in [0.5, 0.6) is 0 Å². The number of fused-ring (bicyclic) bond motifs is 2. The summed E-state index contributed by atoms with van der Waals surface area (Å²) in [7, 11) is 0. The van der Waals surface area contributed by atoms with Crippen molar-refractivity contribution in [2.24, 2.45) is 5.92 Å². The number of rotatable bonds is 9. The summed E-state index contributed by atoms with van der Waals surface area (Å²) in [5, 5.41) is 10.7. The van der Waals surface area contributed by atoms with E-state index in [2.05, 4.69) is 43.5 Å². The lowest BCUT2D eigenvalue weighted by Gasteiger charge is -2.39. The van der Waals surface area contributed by atoms with Gasteiger partial charge in [-0.25, -0.2) is 13.9 Å². The Morgan fingerprint density at radius 3 is 2.12 bits per heavy atom. The first-order chi connectivity index (χ1) is 22.9. The summed E-state index contributed by atoms with van der Waals surface area (Å²) in [5.41, 5.74) is 5.05. The van der Waals surface area contributed by atoms with Gasteiger partial charge in [-0.05, 0) is 99.0 Å². The molecule has 2 saturated heterocycles. The van der Waals surface area contributed by atoms with Crippen LogP contribution < -0.4 is 10.6 Å². The van der Waals surface area contributed by atoms with Gasteiger partial charge in [-0.2, -0.15) is 5.10 Å². The number of aryl methyl sites for hydroxylation is 1. The number of nitrogens with one attached hydrogen (secondary N) is 2.